The third-order valence-corrected chi connectivity index (χ3v) is 2.91. The van der Waals surface area contributed by atoms with Crippen molar-refractivity contribution in [2.24, 2.45) is 5.10 Å². The lowest BCUT2D eigenvalue weighted by Crippen LogP contribution is -2.05. The molecule has 1 aromatic carbocycles. The van der Waals surface area contributed by atoms with Crippen molar-refractivity contribution in [3.8, 4) is 0 Å². The summed E-state index contributed by atoms with van der Waals surface area (Å²) in [5.41, 5.74) is 2.64. The number of hydrogen-bond donors (Lipinski definition) is 1. The zero-order valence-electron chi connectivity index (χ0n) is 9.89. The molecule has 0 amide bonds. The third-order valence-electron chi connectivity index (χ3n) is 2.27. The third kappa shape index (κ3) is 3.77. The maximum Gasteiger partial charge on any atom is 0.416 e. The molecule has 1 N–H and O–H groups in total. The molecule has 0 aliphatic heterocycles. The standard InChI is InChI=1S/C12H8BrF3N4/c13-11(8-5-17-7-18-6-8)20-19-10-3-1-2-9(4-10)12(14,15)16/h1-7,19H/b20-11-. The fraction of sp³-hybridized carbons (Fsp3) is 0.0833. The van der Waals surface area contributed by atoms with Crippen LogP contribution in [0.4, 0.5) is 18.9 Å². The van der Waals surface area contributed by atoms with Gasteiger partial charge in [-0.15, -0.1) is 0 Å². The first-order valence-electron chi connectivity index (χ1n) is 5.38. The van der Waals surface area contributed by atoms with Crippen molar-refractivity contribution < 1.29 is 13.2 Å². The van der Waals surface area contributed by atoms with Crippen LogP contribution in [0.5, 0.6) is 0 Å². The molecule has 8 heteroatoms. The molecule has 0 aliphatic rings. The van der Waals surface area contributed by atoms with E-state index in [1.165, 1.54) is 30.9 Å². The van der Waals surface area contributed by atoms with Gasteiger partial charge in [0.2, 0.25) is 0 Å². The van der Waals surface area contributed by atoms with Crippen LogP contribution in [-0.2, 0) is 6.18 Å². The Morgan fingerprint density at radius 2 is 1.90 bits per heavy atom. The number of anilines is 1. The van der Waals surface area contributed by atoms with Crippen molar-refractivity contribution in [1.29, 1.82) is 0 Å². The number of halogens is 4. The fourth-order valence-corrected chi connectivity index (χ4v) is 1.64. The quantitative estimate of drug-likeness (QED) is 0.682. The van der Waals surface area contributed by atoms with Crippen molar-refractivity contribution in [1.82, 2.24) is 9.97 Å². The Balaban J connectivity index is 2.15. The van der Waals surface area contributed by atoms with E-state index in [1.54, 1.807) is 0 Å². The van der Waals surface area contributed by atoms with Gasteiger partial charge in [0, 0.05) is 18.0 Å². The first-order chi connectivity index (χ1) is 9.47. The van der Waals surface area contributed by atoms with Gasteiger partial charge >= 0.3 is 6.18 Å². The van der Waals surface area contributed by atoms with Gasteiger partial charge in [-0.25, -0.2) is 9.97 Å². The minimum Gasteiger partial charge on any atom is -0.277 e. The highest BCUT2D eigenvalue weighted by atomic mass is 79.9. The number of nitrogens with zero attached hydrogens (tertiary/aromatic N) is 3. The van der Waals surface area contributed by atoms with Crippen molar-refractivity contribution in [3.63, 3.8) is 0 Å². The number of aromatic nitrogens is 2. The highest BCUT2D eigenvalue weighted by molar-refractivity contribution is 9.18. The second-order valence-electron chi connectivity index (χ2n) is 3.72. The highest BCUT2D eigenvalue weighted by Gasteiger charge is 2.30. The van der Waals surface area contributed by atoms with E-state index >= 15 is 0 Å². The molecular formula is C12H8BrF3N4. The monoisotopic (exact) mass is 344 g/mol. The van der Waals surface area contributed by atoms with Crippen LogP contribution in [0.25, 0.3) is 0 Å². The van der Waals surface area contributed by atoms with E-state index in [1.807, 2.05) is 0 Å². The van der Waals surface area contributed by atoms with Gasteiger partial charge in [-0.2, -0.15) is 18.3 Å². The van der Waals surface area contributed by atoms with Crippen LogP contribution >= 0.6 is 15.9 Å². The number of nitrogens with one attached hydrogen (secondary N) is 1. The molecule has 1 aromatic heterocycles. The lowest BCUT2D eigenvalue weighted by atomic mass is 10.2. The Labute approximate surface area is 120 Å². The summed E-state index contributed by atoms with van der Waals surface area (Å²) in [6, 6.07) is 4.76. The molecule has 2 aromatic rings. The van der Waals surface area contributed by atoms with E-state index in [9.17, 15) is 13.2 Å². The molecule has 0 saturated heterocycles. The van der Waals surface area contributed by atoms with Crippen LogP contribution in [0.2, 0.25) is 0 Å². The molecule has 1 heterocycles. The lowest BCUT2D eigenvalue weighted by molar-refractivity contribution is -0.137. The normalized spacial score (nSPS) is 12.3. The zero-order valence-corrected chi connectivity index (χ0v) is 11.5. The van der Waals surface area contributed by atoms with Crippen LogP contribution in [-0.4, -0.2) is 14.6 Å². The van der Waals surface area contributed by atoms with Crippen molar-refractivity contribution in [3.05, 3.63) is 54.1 Å². The maximum absolute atomic E-state index is 12.5. The summed E-state index contributed by atoms with van der Waals surface area (Å²) < 4.78 is 38.0. The van der Waals surface area contributed by atoms with Crippen molar-refractivity contribution in [2.45, 2.75) is 6.18 Å². The summed E-state index contributed by atoms with van der Waals surface area (Å²) in [7, 11) is 0. The van der Waals surface area contributed by atoms with Gasteiger partial charge in [0.1, 0.15) is 10.9 Å². The lowest BCUT2D eigenvalue weighted by Gasteiger charge is -2.08. The van der Waals surface area contributed by atoms with Crippen molar-refractivity contribution >= 4 is 26.2 Å². The van der Waals surface area contributed by atoms with Crippen LogP contribution in [0, 0.1) is 0 Å². The number of hydrazone groups is 1. The second-order valence-corrected chi connectivity index (χ2v) is 4.47. The molecule has 0 spiro atoms. The fourth-order valence-electron chi connectivity index (χ4n) is 1.35. The molecule has 104 valence electrons. The molecule has 0 unspecified atom stereocenters. The Hall–Kier alpha value is -1.96. The minimum absolute atomic E-state index is 0.230. The summed E-state index contributed by atoms with van der Waals surface area (Å²) in [5.74, 6) is 0. The van der Waals surface area contributed by atoms with Gasteiger partial charge in [-0.1, -0.05) is 6.07 Å². The second kappa shape index (κ2) is 6.00. The van der Waals surface area contributed by atoms with Crippen LogP contribution in [0.3, 0.4) is 0 Å². The van der Waals surface area contributed by atoms with Crippen LogP contribution in [0.1, 0.15) is 11.1 Å². The summed E-state index contributed by atoms with van der Waals surface area (Å²) in [6.45, 7) is 0. The first kappa shape index (κ1) is 14.4. The Bertz CT molecular complexity index is 614. The molecule has 4 nitrogen and oxygen atoms in total. The van der Waals surface area contributed by atoms with Crippen LogP contribution in [0.15, 0.2) is 48.1 Å². The molecule has 0 fully saturated rings. The summed E-state index contributed by atoms with van der Waals surface area (Å²) in [5, 5.41) is 3.92. The van der Waals surface area contributed by atoms with Gasteiger partial charge in [0.15, 0.2) is 0 Å². The molecule has 0 atom stereocenters. The summed E-state index contributed by atoms with van der Waals surface area (Å²) in [6.07, 6.45) is 0.0265. The van der Waals surface area contributed by atoms with Gasteiger partial charge < -0.3 is 0 Å². The van der Waals surface area contributed by atoms with E-state index in [-0.39, 0.29) is 5.69 Å². The maximum atomic E-state index is 12.5. The van der Waals surface area contributed by atoms with E-state index in [4.69, 9.17) is 0 Å². The summed E-state index contributed by atoms with van der Waals surface area (Å²) >= 11 is 3.19. The molecule has 20 heavy (non-hydrogen) atoms. The van der Waals surface area contributed by atoms with E-state index in [0.29, 0.717) is 10.2 Å². The van der Waals surface area contributed by atoms with E-state index in [2.05, 4.69) is 36.4 Å². The number of hydrogen-bond acceptors (Lipinski definition) is 4. The zero-order chi connectivity index (χ0) is 14.6. The highest BCUT2D eigenvalue weighted by Crippen LogP contribution is 2.30. The Morgan fingerprint density at radius 3 is 2.55 bits per heavy atom. The molecule has 2 rings (SSSR count). The molecule has 0 bridgehead atoms. The average molecular weight is 345 g/mol. The molecule has 0 radical (unpaired) electrons. The van der Waals surface area contributed by atoms with Gasteiger partial charge in [-0.3, -0.25) is 5.43 Å². The van der Waals surface area contributed by atoms with Crippen molar-refractivity contribution in [2.75, 3.05) is 5.43 Å². The van der Waals surface area contributed by atoms with E-state index in [0.717, 1.165) is 12.1 Å². The van der Waals surface area contributed by atoms with Gasteiger partial charge in [-0.05, 0) is 34.1 Å². The molecular weight excluding hydrogens is 337 g/mol. The Morgan fingerprint density at radius 1 is 1.20 bits per heavy atom. The van der Waals surface area contributed by atoms with Crippen LogP contribution < -0.4 is 5.43 Å². The topological polar surface area (TPSA) is 50.2 Å². The van der Waals surface area contributed by atoms with Gasteiger partial charge in [0.05, 0.1) is 11.3 Å². The minimum atomic E-state index is -4.38. The number of benzene rings is 1. The number of alkyl halides is 3. The largest absolute Gasteiger partial charge is 0.416 e. The van der Waals surface area contributed by atoms with Gasteiger partial charge in [0.25, 0.3) is 0 Å². The predicted molar refractivity (Wildman–Crippen MR) is 72.6 cm³/mol. The SMILES string of the molecule is FC(F)(F)c1cccc(N/N=C(\Br)c2cncnc2)c1. The Kier molecular flexibility index (Phi) is 4.33. The summed E-state index contributed by atoms with van der Waals surface area (Å²) in [4.78, 5) is 7.62. The smallest absolute Gasteiger partial charge is 0.277 e. The molecule has 0 aliphatic carbocycles. The average Bonchev–Trinajstić information content (AvgIpc) is 2.45. The number of rotatable bonds is 3. The predicted octanol–water partition coefficient (Wildman–Crippen LogP) is 3.66. The molecule has 0 saturated carbocycles. The van der Waals surface area contributed by atoms with E-state index < -0.39 is 11.7 Å². The first-order valence-corrected chi connectivity index (χ1v) is 6.18.